The summed E-state index contributed by atoms with van der Waals surface area (Å²) in [6, 6.07) is 21.7. The molecule has 170 valence electrons. The highest BCUT2D eigenvalue weighted by Crippen LogP contribution is 2.51. The van der Waals surface area contributed by atoms with Crippen LogP contribution < -0.4 is 10.0 Å². The van der Waals surface area contributed by atoms with Gasteiger partial charge in [-0.1, -0.05) is 52.3 Å². The van der Waals surface area contributed by atoms with Crippen molar-refractivity contribution in [3.8, 4) is 6.07 Å². The van der Waals surface area contributed by atoms with E-state index in [-0.39, 0.29) is 28.7 Å². The zero-order valence-corrected chi connectivity index (χ0v) is 20.0. The zero-order chi connectivity index (χ0) is 24.0. The fraction of sp³-hybridized carbons (Fsp3) is 0.0800. The Labute approximate surface area is 204 Å². The van der Waals surface area contributed by atoms with Gasteiger partial charge in [0.15, 0.2) is 5.76 Å². The molecule has 0 aromatic heterocycles. The van der Waals surface area contributed by atoms with Gasteiger partial charge in [-0.3, -0.25) is 4.31 Å². The van der Waals surface area contributed by atoms with Crippen LogP contribution in [0.25, 0.3) is 5.76 Å². The molecule has 2 heterocycles. The zero-order valence-electron chi connectivity index (χ0n) is 17.6. The number of hydrogen-bond acceptors (Lipinski definition) is 5. The lowest BCUT2D eigenvalue weighted by Gasteiger charge is -2.38. The molecule has 0 aliphatic carbocycles. The summed E-state index contributed by atoms with van der Waals surface area (Å²) < 4.78 is 49.5. The van der Waals surface area contributed by atoms with E-state index in [4.69, 9.17) is 10.5 Å². The van der Waals surface area contributed by atoms with E-state index in [2.05, 4.69) is 15.9 Å². The molecular weight excluding hydrogens is 521 g/mol. The first-order valence-corrected chi connectivity index (χ1v) is 12.5. The average Bonchev–Trinajstić information content (AvgIpc) is 2.82. The first-order chi connectivity index (χ1) is 16.3. The Morgan fingerprint density at radius 3 is 2.53 bits per heavy atom. The molecular formula is C25H17BrFN3O3S. The molecule has 0 fully saturated rings. The minimum Gasteiger partial charge on any atom is -0.439 e. The lowest BCUT2D eigenvalue weighted by Crippen LogP contribution is -2.39. The van der Waals surface area contributed by atoms with Crippen molar-refractivity contribution in [3.63, 3.8) is 0 Å². The molecule has 2 aliphatic heterocycles. The smallest absolute Gasteiger partial charge is 0.265 e. The number of halogens is 2. The highest BCUT2D eigenvalue weighted by Gasteiger charge is 2.47. The molecule has 9 heteroatoms. The third-order valence-corrected chi connectivity index (χ3v) is 8.16. The molecule has 0 radical (unpaired) electrons. The summed E-state index contributed by atoms with van der Waals surface area (Å²) in [7, 11) is -4.18. The predicted octanol–water partition coefficient (Wildman–Crippen LogP) is 5.11. The van der Waals surface area contributed by atoms with E-state index in [0.717, 1.165) is 4.47 Å². The van der Waals surface area contributed by atoms with Gasteiger partial charge in [0.2, 0.25) is 5.88 Å². The van der Waals surface area contributed by atoms with Gasteiger partial charge >= 0.3 is 0 Å². The van der Waals surface area contributed by atoms with Gasteiger partial charge in [0, 0.05) is 10.0 Å². The van der Waals surface area contributed by atoms with Crippen molar-refractivity contribution >= 4 is 37.4 Å². The Hall–Kier alpha value is -3.61. The standard InChI is InChI=1S/C25H17BrFN3O3S/c26-17-5-3-4-16(12-17)22-20(13-28)25(29)33-23-19-6-1-2-7-21(19)30(34(31,32)24(22)23)14-15-8-10-18(27)11-9-15/h1-12,22H,14,29H2/t22-/m1/s1. The van der Waals surface area contributed by atoms with Crippen molar-refractivity contribution in [2.45, 2.75) is 12.5 Å². The van der Waals surface area contributed by atoms with Gasteiger partial charge in [-0.15, -0.1) is 0 Å². The Balaban J connectivity index is 1.76. The van der Waals surface area contributed by atoms with Crippen LogP contribution in [0, 0.1) is 17.1 Å². The molecule has 0 spiro atoms. The summed E-state index contributed by atoms with van der Waals surface area (Å²) >= 11 is 3.42. The summed E-state index contributed by atoms with van der Waals surface area (Å²) in [5.74, 6) is -1.40. The number of anilines is 1. The third-order valence-electron chi connectivity index (χ3n) is 5.78. The first kappa shape index (κ1) is 22.2. The molecule has 3 aromatic rings. The number of nitrogens with zero attached hydrogens (tertiary/aromatic N) is 2. The van der Waals surface area contributed by atoms with Crippen LogP contribution in [0.4, 0.5) is 10.1 Å². The van der Waals surface area contributed by atoms with Gasteiger partial charge < -0.3 is 10.5 Å². The fourth-order valence-electron chi connectivity index (χ4n) is 4.25. The van der Waals surface area contributed by atoms with Crippen LogP contribution in [-0.4, -0.2) is 8.42 Å². The molecule has 0 unspecified atom stereocenters. The monoisotopic (exact) mass is 537 g/mol. The van der Waals surface area contributed by atoms with Gasteiger partial charge in [0.25, 0.3) is 10.0 Å². The van der Waals surface area contributed by atoms with Crippen LogP contribution in [0.15, 0.2) is 93.6 Å². The van der Waals surface area contributed by atoms with Crippen LogP contribution >= 0.6 is 15.9 Å². The molecule has 5 rings (SSSR count). The lowest BCUT2D eigenvalue weighted by molar-refractivity contribution is 0.357. The predicted molar refractivity (Wildman–Crippen MR) is 130 cm³/mol. The normalized spacial score (nSPS) is 18.6. The van der Waals surface area contributed by atoms with E-state index in [1.165, 1.54) is 16.4 Å². The number of nitrogens with two attached hydrogens (primary N) is 1. The summed E-state index contributed by atoms with van der Waals surface area (Å²) in [6.07, 6.45) is 0. The molecule has 2 N–H and O–H groups in total. The van der Waals surface area contributed by atoms with Gasteiger partial charge in [-0.05, 0) is 47.5 Å². The average molecular weight is 538 g/mol. The minimum atomic E-state index is -4.18. The van der Waals surface area contributed by atoms with Crippen molar-refractivity contribution in [1.82, 2.24) is 0 Å². The maximum atomic E-state index is 14.1. The van der Waals surface area contributed by atoms with Gasteiger partial charge in [-0.25, -0.2) is 12.8 Å². The summed E-state index contributed by atoms with van der Waals surface area (Å²) in [6.45, 7) is -0.0251. The Kier molecular flexibility index (Phi) is 5.42. The number of nitriles is 1. The Morgan fingerprint density at radius 2 is 1.82 bits per heavy atom. The number of fused-ring (bicyclic) bond motifs is 2. The van der Waals surface area contributed by atoms with Crippen LogP contribution in [-0.2, 0) is 21.3 Å². The molecule has 0 bridgehead atoms. The second-order valence-electron chi connectivity index (χ2n) is 7.83. The van der Waals surface area contributed by atoms with E-state index >= 15 is 0 Å². The van der Waals surface area contributed by atoms with Crippen LogP contribution in [0.3, 0.4) is 0 Å². The number of para-hydroxylation sites is 1. The van der Waals surface area contributed by atoms with Gasteiger partial charge in [0.05, 0.1) is 18.2 Å². The highest BCUT2D eigenvalue weighted by molar-refractivity contribution is 9.10. The minimum absolute atomic E-state index is 0.0153. The second kappa shape index (κ2) is 8.31. The molecule has 3 aromatic carbocycles. The van der Waals surface area contributed by atoms with Crippen molar-refractivity contribution in [2.24, 2.45) is 5.73 Å². The lowest BCUT2D eigenvalue weighted by atomic mass is 9.88. The topological polar surface area (TPSA) is 96.4 Å². The number of sulfonamides is 1. The maximum Gasteiger partial charge on any atom is 0.265 e. The Morgan fingerprint density at radius 1 is 1.09 bits per heavy atom. The number of allylic oxidation sites excluding steroid dienone is 2. The van der Waals surface area contributed by atoms with Gasteiger partial charge in [-0.2, -0.15) is 5.26 Å². The van der Waals surface area contributed by atoms with E-state index in [0.29, 0.717) is 22.4 Å². The quantitative estimate of drug-likeness (QED) is 0.500. The van der Waals surface area contributed by atoms with Crippen LogP contribution in [0.2, 0.25) is 0 Å². The molecule has 0 saturated carbocycles. The number of ether oxygens (including phenoxy) is 1. The molecule has 6 nitrogen and oxygen atoms in total. The van der Waals surface area contributed by atoms with E-state index in [9.17, 15) is 18.1 Å². The Bertz CT molecular complexity index is 1530. The number of hydrogen-bond donors (Lipinski definition) is 1. The maximum absolute atomic E-state index is 14.1. The van der Waals surface area contributed by atoms with Crippen molar-refractivity contribution in [2.75, 3.05) is 4.31 Å². The molecule has 2 aliphatic rings. The summed E-state index contributed by atoms with van der Waals surface area (Å²) in [5.41, 5.74) is 8.27. The highest BCUT2D eigenvalue weighted by atomic mass is 79.9. The van der Waals surface area contributed by atoms with E-state index < -0.39 is 21.8 Å². The molecule has 1 atom stereocenters. The third kappa shape index (κ3) is 3.56. The van der Waals surface area contributed by atoms with Crippen molar-refractivity contribution in [1.29, 1.82) is 5.26 Å². The van der Waals surface area contributed by atoms with Crippen molar-refractivity contribution < 1.29 is 17.5 Å². The van der Waals surface area contributed by atoms with Crippen molar-refractivity contribution in [3.05, 3.63) is 116 Å². The van der Waals surface area contributed by atoms with Gasteiger partial charge in [0.1, 0.15) is 22.4 Å². The fourth-order valence-corrected chi connectivity index (χ4v) is 6.58. The molecule has 0 saturated heterocycles. The number of benzene rings is 3. The second-order valence-corrected chi connectivity index (χ2v) is 10.6. The van der Waals surface area contributed by atoms with E-state index in [1.807, 2.05) is 12.1 Å². The molecule has 0 amide bonds. The number of rotatable bonds is 3. The summed E-state index contributed by atoms with van der Waals surface area (Å²) in [5, 5.41) is 9.90. The van der Waals surface area contributed by atoms with Crippen LogP contribution in [0.5, 0.6) is 0 Å². The first-order valence-electron chi connectivity index (χ1n) is 10.2. The van der Waals surface area contributed by atoms with E-state index in [1.54, 1.807) is 54.6 Å². The largest absolute Gasteiger partial charge is 0.439 e. The van der Waals surface area contributed by atoms with Crippen LogP contribution in [0.1, 0.15) is 22.6 Å². The molecule has 34 heavy (non-hydrogen) atoms. The summed E-state index contributed by atoms with van der Waals surface area (Å²) in [4.78, 5) is -0.0582. The SMILES string of the molecule is N#CC1=C(N)OC2=C([C@@H]1c1cccc(Br)c1)S(=O)(=O)N(Cc1ccc(F)cc1)c1ccccc12.